The van der Waals surface area contributed by atoms with Crippen molar-refractivity contribution < 1.29 is 0 Å². The smallest absolute Gasteiger partial charge is 0.166 e. The van der Waals surface area contributed by atoms with E-state index in [-0.39, 0.29) is 0 Å². The molecule has 0 amide bonds. The molecule has 14 aromatic rings. The molecule has 0 atom stereocenters. The second kappa shape index (κ2) is 20.2. The van der Waals surface area contributed by atoms with Gasteiger partial charge in [-0.1, -0.05) is 194 Å². The van der Waals surface area contributed by atoms with Gasteiger partial charge >= 0.3 is 0 Å². The normalized spacial score (nSPS) is 11.3. The van der Waals surface area contributed by atoms with Gasteiger partial charge in [0.25, 0.3) is 0 Å². The Morgan fingerprint density at radius 3 is 0.861 bits per heavy atom. The number of fused-ring (bicyclic) bond motifs is 3. The fraction of sp³-hybridized carbons (Fsp3) is 0. The second-order valence-electron chi connectivity index (χ2n) is 18.9. The predicted molar refractivity (Wildman–Crippen MR) is 313 cm³/mol. The third-order valence-electron chi connectivity index (χ3n) is 13.8. The van der Waals surface area contributed by atoms with Crippen molar-refractivity contribution in [3.05, 3.63) is 261 Å². The molecular formula is C68H43N11. The Morgan fingerprint density at radius 2 is 0.532 bits per heavy atom. The van der Waals surface area contributed by atoms with Gasteiger partial charge in [0.2, 0.25) is 0 Å². The maximum atomic E-state index is 5.30. The topological polar surface area (TPSA) is 134 Å². The van der Waals surface area contributed by atoms with Gasteiger partial charge in [0.05, 0.1) is 22.4 Å². The molecule has 9 aromatic carbocycles. The molecule has 0 unspecified atom stereocenters. The summed E-state index contributed by atoms with van der Waals surface area (Å²) < 4.78 is 2.29. The van der Waals surface area contributed by atoms with Gasteiger partial charge in [-0.25, -0.2) is 44.9 Å². The Labute approximate surface area is 454 Å². The van der Waals surface area contributed by atoms with Crippen LogP contribution in [-0.2, 0) is 0 Å². The van der Waals surface area contributed by atoms with E-state index in [1.54, 1.807) is 0 Å². The monoisotopic (exact) mass is 1010 g/mol. The van der Waals surface area contributed by atoms with Crippen LogP contribution in [0.25, 0.3) is 141 Å². The van der Waals surface area contributed by atoms with Gasteiger partial charge < -0.3 is 4.57 Å². The molecule has 0 spiro atoms. The summed E-state index contributed by atoms with van der Waals surface area (Å²) in [7, 11) is 0. The highest BCUT2D eigenvalue weighted by molar-refractivity contribution is 6.12. The van der Waals surface area contributed by atoms with E-state index in [1.807, 2.05) is 206 Å². The summed E-state index contributed by atoms with van der Waals surface area (Å²) >= 11 is 0. The molecule has 0 radical (unpaired) electrons. The van der Waals surface area contributed by atoms with Crippen LogP contribution in [0.15, 0.2) is 261 Å². The van der Waals surface area contributed by atoms with Crippen LogP contribution in [0.3, 0.4) is 0 Å². The lowest BCUT2D eigenvalue weighted by Gasteiger charge is -2.16. The highest BCUT2D eigenvalue weighted by Gasteiger charge is 2.23. The average Bonchev–Trinajstić information content (AvgIpc) is 4.02. The van der Waals surface area contributed by atoms with Gasteiger partial charge in [-0.05, 0) is 60.7 Å². The number of benzene rings is 9. The number of rotatable bonds is 11. The van der Waals surface area contributed by atoms with Gasteiger partial charge in [0, 0.05) is 72.6 Å². The molecule has 5 aromatic heterocycles. The summed E-state index contributed by atoms with van der Waals surface area (Å²) in [5.41, 5.74) is 12.1. The first-order valence-corrected chi connectivity index (χ1v) is 25.9. The molecule has 0 N–H and O–H groups in total. The first-order chi connectivity index (χ1) is 39.1. The molecule has 11 heteroatoms. The van der Waals surface area contributed by atoms with E-state index in [1.165, 1.54) is 0 Å². The zero-order valence-electron chi connectivity index (χ0n) is 42.2. The van der Waals surface area contributed by atoms with Gasteiger partial charge in [-0.2, -0.15) is 0 Å². The predicted octanol–water partition coefficient (Wildman–Crippen LogP) is 15.4. The van der Waals surface area contributed by atoms with Crippen LogP contribution >= 0.6 is 0 Å². The molecule has 0 saturated heterocycles. The summed E-state index contributed by atoms with van der Waals surface area (Å²) in [5, 5.41) is 1.89. The summed E-state index contributed by atoms with van der Waals surface area (Å²) in [6, 6.07) is 85.4. The van der Waals surface area contributed by atoms with E-state index in [2.05, 4.69) is 59.2 Å². The van der Waals surface area contributed by atoms with E-state index < -0.39 is 0 Å². The van der Waals surface area contributed by atoms with Gasteiger partial charge in [0.1, 0.15) is 0 Å². The standard InChI is InChI=1S/C68H43N11/c1-7-21-44(22-8-1)60-70-61(45-23-9-2-10-24-45)74-66(73-60)51-35-38-57-53(42-51)54-43-52(67-75-62(46-25-11-3-12-26-46)71-63(76-67)47-27-13-4-14-28-47)36-39-58(54)79(57)59-37-34-50(56-33-19-20-40-69-56)41-55(59)68-77-64(48-29-15-5-16-30-48)72-65(78-68)49-31-17-6-18-32-49/h1-43H. The van der Waals surface area contributed by atoms with Crippen molar-refractivity contribution >= 4 is 21.8 Å². The fourth-order valence-electron chi connectivity index (χ4n) is 9.97. The van der Waals surface area contributed by atoms with Crippen LogP contribution in [0.4, 0.5) is 0 Å². The van der Waals surface area contributed by atoms with Gasteiger partial charge in [0.15, 0.2) is 52.4 Å². The SMILES string of the molecule is c1ccc(-c2nc(-c3ccccc3)nc(-c3ccc4c(c3)c3cc(-c5nc(-c6ccccc6)nc(-c6ccccc6)n5)ccc3n4-c3ccc(-c4ccccn4)cc3-c3nc(-c4ccccc4)nc(-c4ccccc4)n3)n2)cc1. The van der Waals surface area contributed by atoms with Crippen LogP contribution in [-0.4, -0.2) is 54.4 Å². The van der Waals surface area contributed by atoms with E-state index in [4.69, 9.17) is 49.8 Å². The molecule has 79 heavy (non-hydrogen) atoms. The molecule has 0 aliphatic rings. The highest BCUT2D eigenvalue weighted by atomic mass is 15.1. The molecule has 5 heterocycles. The molecule has 0 fully saturated rings. The summed E-state index contributed by atoms with van der Waals surface area (Å²) in [6.07, 6.45) is 1.81. The summed E-state index contributed by atoms with van der Waals surface area (Å²) in [6.45, 7) is 0. The Morgan fingerprint density at radius 1 is 0.228 bits per heavy atom. The molecule has 11 nitrogen and oxygen atoms in total. The van der Waals surface area contributed by atoms with Crippen molar-refractivity contribution in [1.82, 2.24) is 54.4 Å². The minimum Gasteiger partial charge on any atom is -0.308 e. The quantitative estimate of drug-likeness (QED) is 0.123. The first-order valence-electron chi connectivity index (χ1n) is 25.9. The average molecular weight is 1010 g/mol. The zero-order valence-corrected chi connectivity index (χ0v) is 42.2. The Bertz CT molecular complexity index is 4150. The molecule has 370 valence electrons. The largest absolute Gasteiger partial charge is 0.308 e. The number of nitrogens with zero attached hydrogens (tertiary/aromatic N) is 11. The maximum Gasteiger partial charge on any atom is 0.166 e. The number of aromatic nitrogens is 11. The highest BCUT2D eigenvalue weighted by Crippen LogP contribution is 2.41. The van der Waals surface area contributed by atoms with Crippen LogP contribution < -0.4 is 0 Å². The van der Waals surface area contributed by atoms with E-state index in [0.29, 0.717) is 52.4 Å². The van der Waals surface area contributed by atoms with E-state index in [0.717, 1.165) is 88.8 Å². The van der Waals surface area contributed by atoms with Crippen LogP contribution in [0, 0.1) is 0 Å². The van der Waals surface area contributed by atoms with Crippen molar-refractivity contribution in [2.24, 2.45) is 0 Å². The molecule has 0 bridgehead atoms. The molecular weight excluding hydrogens is 971 g/mol. The van der Waals surface area contributed by atoms with Crippen molar-refractivity contribution in [2.45, 2.75) is 0 Å². The van der Waals surface area contributed by atoms with Crippen LogP contribution in [0.2, 0.25) is 0 Å². The molecule has 0 aliphatic heterocycles. The number of hydrogen-bond acceptors (Lipinski definition) is 10. The van der Waals surface area contributed by atoms with Gasteiger partial charge in [-0.15, -0.1) is 0 Å². The van der Waals surface area contributed by atoms with Crippen LogP contribution in [0.1, 0.15) is 0 Å². The van der Waals surface area contributed by atoms with E-state index >= 15 is 0 Å². The lowest BCUT2D eigenvalue weighted by molar-refractivity contribution is 1.06. The third kappa shape index (κ3) is 9.13. The number of hydrogen-bond donors (Lipinski definition) is 0. The fourth-order valence-corrected chi connectivity index (χ4v) is 9.97. The molecule has 14 rings (SSSR count). The van der Waals surface area contributed by atoms with Crippen molar-refractivity contribution in [3.63, 3.8) is 0 Å². The van der Waals surface area contributed by atoms with E-state index in [9.17, 15) is 0 Å². The first kappa shape index (κ1) is 46.5. The molecule has 0 aliphatic carbocycles. The lowest BCUT2D eigenvalue weighted by Crippen LogP contribution is -2.04. The third-order valence-corrected chi connectivity index (χ3v) is 13.8. The minimum absolute atomic E-state index is 0.503. The Kier molecular flexibility index (Phi) is 11.9. The van der Waals surface area contributed by atoms with Gasteiger partial charge in [-0.3, -0.25) is 4.98 Å². The second-order valence-corrected chi connectivity index (χ2v) is 18.9. The minimum atomic E-state index is 0.503. The lowest BCUT2D eigenvalue weighted by atomic mass is 10.0. The van der Waals surface area contributed by atoms with Crippen molar-refractivity contribution in [3.8, 4) is 119 Å². The Balaban J connectivity index is 1.04. The maximum absolute atomic E-state index is 5.30. The van der Waals surface area contributed by atoms with Crippen molar-refractivity contribution in [1.29, 1.82) is 0 Å². The summed E-state index contributed by atoms with van der Waals surface area (Å²) in [5.74, 6) is 4.99. The Hall–Kier alpha value is -11.0. The van der Waals surface area contributed by atoms with Crippen LogP contribution in [0.5, 0.6) is 0 Å². The van der Waals surface area contributed by atoms with Crippen molar-refractivity contribution in [2.75, 3.05) is 0 Å². The summed E-state index contributed by atoms with van der Waals surface area (Å²) in [4.78, 5) is 51.2. The zero-order chi connectivity index (χ0) is 52.5. The number of pyridine rings is 1. The molecule has 0 saturated carbocycles.